The first-order valence-corrected chi connectivity index (χ1v) is 9.56. The van der Waals surface area contributed by atoms with E-state index in [1.807, 2.05) is 0 Å². The van der Waals surface area contributed by atoms with Gasteiger partial charge in [-0.25, -0.2) is 9.82 Å². The standard InChI is InChI=1S/C22H17Cl2FN2O3/c1-29-21-10-14(6-9-20(21)30-13-16-4-2-3-5-19(16)25)12-26-27-22(28)15-7-8-17(23)18(24)11-15/h2-12H,13H2,1H3,(H,27,28)/b26-12-. The van der Waals surface area contributed by atoms with Crippen molar-refractivity contribution < 1.29 is 18.7 Å². The van der Waals surface area contributed by atoms with Gasteiger partial charge in [-0.05, 0) is 48.0 Å². The SMILES string of the molecule is COc1cc(/C=N\NC(=O)c2ccc(Cl)c(Cl)c2)ccc1OCc1ccccc1F. The van der Waals surface area contributed by atoms with Crippen molar-refractivity contribution in [1.29, 1.82) is 0 Å². The lowest BCUT2D eigenvalue weighted by Crippen LogP contribution is -2.17. The third kappa shape index (κ3) is 5.49. The Morgan fingerprint density at radius 3 is 2.60 bits per heavy atom. The summed E-state index contributed by atoms with van der Waals surface area (Å²) in [4.78, 5) is 12.1. The van der Waals surface area contributed by atoms with E-state index in [-0.39, 0.29) is 17.4 Å². The second kappa shape index (κ2) is 10.1. The summed E-state index contributed by atoms with van der Waals surface area (Å²) in [6.45, 7) is 0.0657. The van der Waals surface area contributed by atoms with Crippen molar-refractivity contribution >= 4 is 35.3 Å². The van der Waals surface area contributed by atoms with E-state index in [0.717, 1.165) is 0 Å². The van der Waals surface area contributed by atoms with Gasteiger partial charge in [-0.3, -0.25) is 4.79 Å². The van der Waals surface area contributed by atoms with E-state index in [9.17, 15) is 9.18 Å². The zero-order chi connectivity index (χ0) is 21.5. The molecule has 5 nitrogen and oxygen atoms in total. The summed E-state index contributed by atoms with van der Waals surface area (Å²) in [5.74, 6) is 0.142. The normalized spacial score (nSPS) is 10.8. The number of methoxy groups -OCH3 is 1. The van der Waals surface area contributed by atoms with Crippen LogP contribution in [0.3, 0.4) is 0 Å². The molecule has 0 atom stereocenters. The van der Waals surface area contributed by atoms with Gasteiger partial charge in [0.15, 0.2) is 11.5 Å². The molecule has 1 amide bonds. The summed E-state index contributed by atoms with van der Waals surface area (Å²) in [6.07, 6.45) is 1.46. The molecule has 0 unspecified atom stereocenters. The summed E-state index contributed by atoms with van der Waals surface area (Å²) in [5, 5.41) is 4.58. The third-order valence-electron chi connectivity index (χ3n) is 4.09. The molecule has 3 aromatic rings. The first-order chi connectivity index (χ1) is 14.5. The number of rotatable bonds is 7. The molecular weight excluding hydrogens is 430 g/mol. The number of benzene rings is 3. The van der Waals surface area contributed by atoms with Gasteiger partial charge in [0.2, 0.25) is 0 Å². The van der Waals surface area contributed by atoms with Crippen LogP contribution in [0, 0.1) is 5.82 Å². The minimum absolute atomic E-state index is 0.0657. The number of carbonyl (C=O) groups is 1. The molecule has 0 aliphatic heterocycles. The van der Waals surface area contributed by atoms with E-state index in [4.69, 9.17) is 32.7 Å². The average molecular weight is 447 g/mol. The number of hydrazone groups is 1. The van der Waals surface area contributed by atoms with Gasteiger partial charge in [-0.2, -0.15) is 5.10 Å². The van der Waals surface area contributed by atoms with Crippen LogP contribution in [0.25, 0.3) is 0 Å². The highest BCUT2D eigenvalue weighted by molar-refractivity contribution is 6.42. The lowest BCUT2D eigenvalue weighted by atomic mass is 10.2. The van der Waals surface area contributed by atoms with Gasteiger partial charge >= 0.3 is 0 Å². The molecule has 0 saturated heterocycles. The maximum atomic E-state index is 13.7. The van der Waals surface area contributed by atoms with Gasteiger partial charge in [0.25, 0.3) is 5.91 Å². The number of carbonyl (C=O) groups excluding carboxylic acids is 1. The first kappa shape index (κ1) is 21.6. The second-order valence-electron chi connectivity index (χ2n) is 6.12. The zero-order valence-electron chi connectivity index (χ0n) is 15.9. The maximum absolute atomic E-state index is 13.7. The molecule has 0 aliphatic rings. The molecule has 0 aromatic heterocycles. The number of nitrogens with one attached hydrogen (secondary N) is 1. The molecule has 0 aliphatic carbocycles. The van der Waals surface area contributed by atoms with Gasteiger partial charge in [0.1, 0.15) is 12.4 Å². The molecule has 8 heteroatoms. The summed E-state index contributed by atoms with van der Waals surface area (Å²) >= 11 is 11.8. The largest absolute Gasteiger partial charge is 0.493 e. The topological polar surface area (TPSA) is 59.9 Å². The van der Waals surface area contributed by atoms with Crippen molar-refractivity contribution in [2.75, 3.05) is 7.11 Å². The zero-order valence-corrected chi connectivity index (χ0v) is 17.4. The van der Waals surface area contributed by atoms with Crippen molar-refractivity contribution in [2.24, 2.45) is 5.10 Å². The summed E-state index contributed by atoms with van der Waals surface area (Å²) in [6, 6.07) is 16.0. The Bertz CT molecular complexity index is 1090. The van der Waals surface area contributed by atoms with E-state index in [0.29, 0.717) is 33.2 Å². The van der Waals surface area contributed by atoms with Crippen LogP contribution in [0.5, 0.6) is 11.5 Å². The van der Waals surface area contributed by atoms with Crippen LogP contribution in [-0.2, 0) is 6.61 Å². The summed E-state index contributed by atoms with van der Waals surface area (Å²) in [7, 11) is 1.50. The lowest BCUT2D eigenvalue weighted by Gasteiger charge is -2.11. The Kier molecular flexibility index (Phi) is 7.27. The van der Waals surface area contributed by atoms with Crippen molar-refractivity contribution in [2.45, 2.75) is 6.61 Å². The Labute approximate surface area is 183 Å². The van der Waals surface area contributed by atoms with Crippen LogP contribution in [0.15, 0.2) is 65.8 Å². The van der Waals surface area contributed by atoms with Gasteiger partial charge in [0.05, 0.1) is 23.4 Å². The monoisotopic (exact) mass is 446 g/mol. The molecule has 0 saturated carbocycles. The van der Waals surface area contributed by atoms with Crippen molar-refractivity contribution in [1.82, 2.24) is 5.43 Å². The molecule has 3 rings (SSSR count). The molecular formula is C22H17Cl2FN2O3. The number of halogens is 3. The van der Waals surface area contributed by atoms with Crippen LogP contribution >= 0.6 is 23.2 Å². The quantitative estimate of drug-likeness (QED) is 0.385. The smallest absolute Gasteiger partial charge is 0.271 e. The molecule has 154 valence electrons. The van der Waals surface area contributed by atoms with Crippen LogP contribution in [-0.4, -0.2) is 19.2 Å². The van der Waals surface area contributed by atoms with Crippen LogP contribution in [0.1, 0.15) is 21.5 Å². The Hall–Kier alpha value is -3.09. The van der Waals surface area contributed by atoms with Gasteiger partial charge in [-0.1, -0.05) is 41.4 Å². The predicted molar refractivity (Wildman–Crippen MR) is 115 cm³/mol. The van der Waals surface area contributed by atoms with Crippen molar-refractivity contribution in [3.63, 3.8) is 0 Å². The predicted octanol–water partition coefficient (Wildman–Crippen LogP) is 5.48. The number of ether oxygens (including phenoxy) is 2. The fourth-order valence-electron chi connectivity index (χ4n) is 2.52. The van der Waals surface area contributed by atoms with Crippen LogP contribution in [0.2, 0.25) is 10.0 Å². The number of nitrogens with zero attached hydrogens (tertiary/aromatic N) is 1. The summed E-state index contributed by atoms with van der Waals surface area (Å²) < 4.78 is 24.7. The molecule has 0 bridgehead atoms. The Morgan fingerprint density at radius 1 is 1.07 bits per heavy atom. The number of hydrogen-bond donors (Lipinski definition) is 1. The van der Waals surface area contributed by atoms with E-state index in [2.05, 4.69) is 10.5 Å². The molecule has 0 fully saturated rings. The van der Waals surface area contributed by atoms with Gasteiger partial charge in [0, 0.05) is 11.1 Å². The van der Waals surface area contributed by atoms with Crippen LogP contribution < -0.4 is 14.9 Å². The Morgan fingerprint density at radius 2 is 1.87 bits per heavy atom. The molecule has 30 heavy (non-hydrogen) atoms. The minimum atomic E-state index is -0.429. The maximum Gasteiger partial charge on any atom is 0.271 e. The van der Waals surface area contributed by atoms with Crippen LogP contribution in [0.4, 0.5) is 4.39 Å². The van der Waals surface area contributed by atoms with Gasteiger partial charge in [-0.15, -0.1) is 0 Å². The van der Waals surface area contributed by atoms with Crippen molar-refractivity contribution in [3.05, 3.63) is 93.2 Å². The molecule has 1 N–H and O–H groups in total. The average Bonchev–Trinajstić information content (AvgIpc) is 2.75. The third-order valence-corrected chi connectivity index (χ3v) is 4.83. The van der Waals surface area contributed by atoms with Crippen molar-refractivity contribution in [3.8, 4) is 11.5 Å². The second-order valence-corrected chi connectivity index (χ2v) is 6.93. The molecule has 0 heterocycles. The lowest BCUT2D eigenvalue weighted by molar-refractivity contribution is 0.0955. The minimum Gasteiger partial charge on any atom is -0.493 e. The van der Waals surface area contributed by atoms with E-state index in [1.54, 1.807) is 42.5 Å². The molecule has 3 aromatic carbocycles. The summed E-state index contributed by atoms with van der Waals surface area (Å²) in [5.41, 5.74) is 3.85. The van der Waals surface area contributed by atoms with E-state index in [1.165, 1.54) is 31.5 Å². The fraction of sp³-hybridized carbons (Fsp3) is 0.0909. The first-order valence-electron chi connectivity index (χ1n) is 8.80. The number of hydrogen-bond acceptors (Lipinski definition) is 4. The molecule has 0 radical (unpaired) electrons. The fourth-order valence-corrected chi connectivity index (χ4v) is 2.82. The highest BCUT2D eigenvalue weighted by Gasteiger charge is 2.09. The highest BCUT2D eigenvalue weighted by Crippen LogP contribution is 2.28. The molecule has 0 spiro atoms. The van der Waals surface area contributed by atoms with Gasteiger partial charge < -0.3 is 9.47 Å². The number of amides is 1. The van der Waals surface area contributed by atoms with E-state index >= 15 is 0 Å². The highest BCUT2D eigenvalue weighted by atomic mass is 35.5. The van der Waals surface area contributed by atoms with E-state index < -0.39 is 5.91 Å². The Balaban J connectivity index is 1.64.